The normalized spacial score (nSPS) is 10.7. The van der Waals surface area contributed by atoms with Crippen LogP contribution in [0.5, 0.6) is 0 Å². The highest BCUT2D eigenvalue weighted by Crippen LogP contribution is 2.24. The Balaban J connectivity index is 2.04. The van der Waals surface area contributed by atoms with E-state index in [2.05, 4.69) is 22.2 Å². The second-order valence-corrected chi connectivity index (χ2v) is 5.55. The van der Waals surface area contributed by atoms with E-state index in [0.717, 1.165) is 41.1 Å². The molecular formula is C15H19N3OS. The monoisotopic (exact) mass is 289 g/mol. The Kier molecular flexibility index (Phi) is 5.35. The smallest absolute Gasteiger partial charge is 0.230 e. The molecule has 1 aromatic heterocycles. The number of unbranched alkanes of at least 4 members (excludes halogenated alkanes) is 1. The number of carbonyl (C=O) groups excluding carboxylic acids is 1. The molecule has 1 N–H and O–H groups in total. The fourth-order valence-electron chi connectivity index (χ4n) is 1.86. The van der Waals surface area contributed by atoms with Gasteiger partial charge in [-0.25, -0.2) is 9.97 Å². The van der Waals surface area contributed by atoms with Crippen molar-refractivity contribution in [2.75, 3.05) is 12.3 Å². The molecule has 0 atom stereocenters. The molecule has 1 aromatic carbocycles. The zero-order valence-corrected chi connectivity index (χ0v) is 12.7. The molecule has 4 nitrogen and oxygen atoms in total. The minimum Gasteiger partial charge on any atom is -0.355 e. The summed E-state index contributed by atoms with van der Waals surface area (Å²) >= 11 is 1.47. The third-order valence-electron chi connectivity index (χ3n) is 2.87. The van der Waals surface area contributed by atoms with Crippen LogP contribution >= 0.6 is 11.8 Å². The number of nitrogens with zero attached hydrogens (tertiary/aromatic N) is 2. The highest BCUT2D eigenvalue weighted by atomic mass is 32.2. The quantitative estimate of drug-likeness (QED) is 0.504. The number of benzene rings is 1. The number of hydrogen-bond acceptors (Lipinski definition) is 4. The molecule has 20 heavy (non-hydrogen) atoms. The van der Waals surface area contributed by atoms with E-state index in [0.29, 0.717) is 5.75 Å². The second-order valence-electron chi connectivity index (χ2n) is 4.59. The Morgan fingerprint density at radius 3 is 2.90 bits per heavy atom. The number of thioether (sulfide) groups is 1. The van der Waals surface area contributed by atoms with E-state index in [1.807, 2.05) is 31.2 Å². The van der Waals surface area contributed by atoms with Crippen molar-refractivity contribution in [2.24, 2.45) is 0 Å². The number of nitrogens with one attached hydrogen (secondary N) is 1. The van der Waals surface area contributed by atoms with E-state index in [-0.39, 0.29) is 5.91 Å². The zero-order chi connectivity index (χ0) is 14.4. The largest absolute Gasteiger partial charge is 0.355 e. The minimum absolute atomic E-state index is 0.0591. The Hall–Kier alpha value is -1.62. The first kappa shape index (κ1) is 14.8. The summed E-state index contributed by atoms with van der Waals surface area (Å²) in [6.07, 6.45) is 2.11. The molecule has 0 unspecified atom stereocenters. The highest BCUT2D eigenvalue weighted by molar-refractivity contribution is 8.00. The molecule has 0 radical (unpaired) electrons. The molecule has 1 heterocycles. The van der Waals surface area contributed by atoms with Crippen LogP contribution < -0.4 is 5.32 Å². The lowest BCUT2D eigenvalue weighted by Gasteiger charge is -2.07. The standard InChI is InChI=1S/C15H19N3OS/c1-3-4-9-16-14(19)10-20-15-12-7-5-6-8-13(12)17-11(2)18-15/h5-8H,3-4,9-10H2,1-2H3,(H,16,19). The average molecular weight is 289 g/mol. The number of aromatic nitrogens is 2. The van der Waals surface area contributed by atoms with Crippen LogP contribution in [0.4, 0.5) is 0 Å². The van der Waals surface area contributed by atoms with Crippen molar-refractivity contribution in [1.29, 1.82) is 0 Å². The van der Waals surface area contributed by atoms with Crippen molar-refractivity contribution in [1.82, 2.24) is 15.3 Å². The minimum atomic E-state index is 0.0591. The lowest BCUT2D eigenvalue weighted by Crippen LogP contribution is -2.26. The molecular weight excluding hydrogens is 270 g/mol. The van der Waals surface area contributed by atoms with E-state index < -0.39 is 0 Å². The van der Waals surface area contributed by atoms with Crippen molar-refractivity contribution in [3.05, 3.63) is 30.1 Å². The molecule has 0 aliphatic carbocycles. The number of carbonyl (C=O) groups is 1. The number of rotatable bonds is 6. The van der Waals surface area contributed by atoms with Gasteiger partial charge >= 0.3 is 0 Å². The Morgan fingerprint density at radius 1 is 1.30 bits per heavy atom. The van der Waals surface area contributed by atoms with Gasteiger partial charge in [0.15, 0.2) is 0 Å². The highest BCUT2D eigenvalue weighted by Gasteiger charge is 2.08. The Labute approximate surface area is 123 Å². The molecule has 0 fully saturated rings. The molecule has 106 valence electrons. The van der Waals surface area contributed by atoms with Gasteiger partial charge in [-0.2, -0.15) is 0 Å². The van der Waals surface area contributed by atoms with E-state index >= 15 is 0 Å². The van der Waals surface area contributed by atoms with Crippen LogP contribution in [0.1, 0.15) is 25.6 Å². The van der Waals surface area contributed by atoms with Crippen LogP contribution in [0.3, 0.4) is 0 Å². The molecule has 0 bridgehead atoms. The van der Waals surface area contributed by atoms with Gasteiger partial charge in [0.25, 0.3) is 0 Å². The number of aryl methyl sites for hydroxylation is 1. The number of fused-ring (bicyclic) bond motifs is 1. The van der Waals surface area contributed by atoms with Crippen molar-refractivity contribution in [3.8, 4) is 0 Å². The molecule has 5 heteroatoms. The van der Waals surface area contributed by atoms with Gasteiger partial charge in [0.2, 0.25) is 5.91 Å². The van der Waals surface area contributed by atoms with E-state index in [9.17, 15) is 4.79 Å². The van der Waals surface area contributed by atoms with Crippen LogP contribution in [0.2, 0.25) is 0 Å². The lowest BCUT2D eigenvalue weighted by atomic mass is 10.2. The first-order chi connectivity index (χ1) is 9.70. The number of amides is 1. The van der Waals surface area contributed by atoms with Crippen molar-refractivity contribution in [3.63, 3.8) is 0 Å². The summed E-state index contributed by atoms with van der Waals surface area (Å²) in [5, 5.41) is 4.79. The maximum Gasteiger partial charge on any atom is 0.230 e. The summed E-state index contributed by atoms with van der Waals surface area (Å²) in [5.74, 6) is 1.19. The third-order valence-corrected chi connectivity index (χ3v) is 3.86. The summed E-state index contributed by atoms with van der Waals surface area (Å²) in [6.45, 7) is 4.73. The van der Waals surface area contributed by atoms with Crippen molar-refractivity contribution in [2.45, 2.75) is 31.7 Å². The van der Waals surface area contributed by atoms with Gasteiger partial charge in [-0.3, -0.25) is 4.79 Å². The summed E-state index contributed by atoms with van der Waals surface area (Å²) < 4.78 is 0. The van der Waals surface area contributed by atoms with E-state index in [1.165, 1.54) is 11.8 Å². The van der Waals surface area contributed by atoms with Crippen LogP contribution in [-0.2, 0) is 4.79 Å². The lowest BCUT2D eigenvalue weighted by molar-refractivity contribution is -0.118. The van der Waals surface area contributed by atoms with Crippen molar-refractivity contribution < 1.29 is 4.79 Å². The first-order valence-corrected chi connectivity index (χ1v) is 7.82. The third kappa shape index (κ3) is 3.93. The van der Waals surface area contributed by atoms with Gasteiger partial charge in [0, 0.05) is 11.9 Å². The SMILES string of the molecule is CCCCNC(=O)CSc1nc(C)nc2ccccc12. The number of para-hydroxylation sites is 1. The maximum atomic E-state index is 11.7. The van der Waals surface area contributed by atoms with Gasteiger partial charge in [-0.15, -0.1) is 0 Å². The fourth-order valence-corrected chi connectivity index (χ4v) is 2.75. The van der Waals surface area contributed by atoms with Crippen LogP contribution in [0.25, 0.3) is 10.9 Å². The molecule has 0 spiro atoms. The molecule has 0 aliphatic rings. The predicted molar refractivity (Wildman–Crippen MR) is 82.9 cm³/mol. The Bertz CT molecular complexity index is 601. The summed E-state index contributed by atoms with van der Waals surface area (Å²) in [7, 11) is 0. The molecule has 2 rings (SSSR count). The van der Waals surface area contributed by atoms with Gasteiger partial charge < -0.3 is 5.32 Å². The number of hydrogen-bond donors (Lipinski definition) is 1. The van der Waals surface area contributed by atoms with E-state index in [1.54, 1.807) is 0 Å². The van der Waals surface area contributed by atoms with Gasteiger partial charge in [-0.1, -0.05) is 43.3 Å². The summed E-state index contributed by atoms with van der Waals surface area (Å²) in [5.41, 5.74) is 0.925. The Morgan fingerprint density at radius 2 is 2.10 bits per heavy atom. The first-order valence-electron chi connectivity index (χ1n) is 6.83. The van der Waals surface area contributed by atoms with Gasteiger partial charge in [0.1, 0.15) is 10.9 Å². The van der Waals surface area contributed by atoms with Crippen LogP contribution in [0.15, 0.2) is 29.3 Å². The fraction of sp³-hybridized carbons (Fsp3) is 0.400. The summed E-state index contributed by atoms with van der Waals surface area (Å²) in [6, 6.07) is 7.88. The van der Waals surface area contributed by atoms with Gasteiger partial charge in [0.05, 0.1) is 11.3 Å². The molecule has 0 saturated carbocycles. The molecule has 2 aromatic rings. The zero-order valence-electron chi connectivity index (χ0n) is 11.8. The van der Waals surface area contributed by atoms with Gasteiger partial charge in [-0.05, 0) is 19.4 Å². The molecule has 1 amide bonds. The maximum absolute atomic E-state index is 11.7. The molecule has 0 aliphatic heterocycles. The topological polar surface area (TPSA) is 54.9 Å². The molecule has 0 saturated heterocycles. The van der Waals surface area contributed by atoms with E-state index in [4.69, 9.17) is 0 Å². The second kappa shape index (κ2) is 7.24. The van der Waals surface area contributed by atoms with Crippen LogP contribution in [0, 0.1) is 6.92 Å². The van der Waals surface area contributed by atoms with Crippen LogP contribution in [-0.4, -0.2) is 28.2 Å². The van der Waals surface area contributed by atoms with Crippen molar-refractivity contribution >= 4 is 28.6 Å². The average Bonchev–Trinajstić information content (AvgIpc) is 2.45. The predicted octanol–water partition coefficient (Wildman–Crippen LogP) is 2.95. The summed E-state index contributed by atoms with van der Waals surface area (Å²) in [4.78, 5) is 20.6.